The number of phenols is 1. The Morgan fingerprint density at radius 1 is 0.595 bits per heavy atom. The number of para-hydroxylation sites is 4. The summed E-state index contributed by atoms with van der Waals surface area (Å²) in [6, 6.07) is 36.0. The Hall–Kier alpha value is -7.82. The monoisotopic (exact) mass is 1070 g/mol. The molecular weight excluding hydrogens is 993 g/mol. The Morgan fingerprint density at radius 3 is 1.51 bits per heavy atom. The van der Waals surface area contributed by atoms with E-state index >= 15 is 0 Å². The summed E-state index contributed by atoms with van der Waals surface area (Å²) in [5.41, 5.74) is 10.7. The van der Waals surface area contributed by atoms with Crippen LogP contribution in [0.1, 0.15) is 111 Å². The number of piperidine rings is 2. The molecule has 12 rings (SSSR count). The highest BCUT2D eigenvalue weighted by molar-refractivity contribution is 5.79. The largest absolute Gasteiger partial charge is 0.508 e. The van der Waals surface area contributed by atoms with Crippen molar-refractivity contribution in [3.8, 4) is 11.5 Å². The number of phenolic OH excluding ortho intramolecular Hbond substituents is 1. The predicted octanol–water partition coefficient (Wildman–Crippen LogP) is 8.62. The van der Waals surface area contributed by atoms with Gasteiger partial charge in [0.05, 0.1) is 42.3 Å². The third kappa shape index (κ3) is 12.7. The van der Waals surface area contributed by atoms with E-state index in [1.165, 1.54) is 22.3 Å². The molecular formula is C63H76N10O6. The molecule has 79 heavy (non-hydrogen) atoms. The number of imidazole rings is 2. The summed E-state index contributed by atoms with van der Waals surface area (Å²) in [6.45, 7) is 3.86. The predicted molar refractivity (Wildman–Crippen MR) is 311 cm³/mol. The van der Waals surface area contributed by atoms with Gasteiger partial charge < -0.3 is 30.4 Å². The number of hydrogen-bond donors (Lipinski definition) is 5. The zero-order valence-electron chi connectivity index (χ0n) is 43.7. The van der Waals surface area contributed by atoms with Crippen LogP contribution in [0.2, 0.25) is 0 Å². The van der Waals surface area contributed by atoms with E-state index in [-0.39, 0.29) is 79.8 Å². The first-order chi connectivity index (χ1) is 37.6. The second-order valence-corrected chi connectivity index (χ2v) is 21.4. The fraction of sp³-hybridized carbons (Fsp3) is 0.397. The van der Waals surface area contributed by atoms with E-state index in [0.717, 1.165) is 129 Å². The average molecular weight is 1070 g/mol. The minimum atomic E-state index is -0.0621. The van der Waals surface area contributed by atoms with Crippen molar-refractivity contribution in [2.75, 3.05) is 46.4 Å². The highest BCUT2D eigenvalue weighted by Gasteiger charge is 2.34. The van der Waals surface area contributed by atoms with Crippen molar-refractivity contribution in [3.63, 3.8) is 0 Å². The van der Waals surface area contributed by atoms with E-state index in [2.05, 4.69) is 64.6 Å². The number of aromatic hydroxyl groups is 1. The number of fused-ring (bicyclic) bond motifs is 4. The minimum absolute atomic E-state index is 0. The molecule has 16 heteroatoms. The van der Waals surface area contributed by atoms with Gasteiger partial charge >= 0.3 is 11.4 Å². The van der Waals surface area contributed by atoms with Crippen molar-refractivity contribution < 1.29 is 19.4 Å². The Morgan fingerprint density at radius 2 is 1.05 bits per heavy atom. The quantitative estimate of drug-likeness (QED) is 0.0746. The zero-order chi connectivity index (χ0) is 52.8. The topological polar surface area (TPSA) is 195 Å². The Bertz CT molecular complexity index is 3450. The Balaban J connectivity index is 0.000000187. The molecule has 0 bridgehead atoms. The van der Waals surface area contributed by atoms with Crippen LogP contribution in [0.4, 0.5) is 0 Å². The lowest BCUT2D eigenvalue weighted by atomic mass is 9.76. The second kappa shape index (κ2) is 25.3. The standard InChI is InChI=1S/C31H35N5O3.C30H33N5O3.2CH4/c1-39-24-9-10-25-22(18-24)8-11-27(26(25)17-21-5-4-14-32-19-21)33-30(37)20-35-15-12-23(13-16-35)36-29-7-3-2-6-28(29)34-31(36)38;36-23-8-9-24-21(17-23)7-10-26(25(24)16-20-4-3-13-31-18-20)32-29(37)19-34-14-11-22(12-15-34)35-28-6-2-1-5-27(28)33-30(35)38;;/h2-7,9-10,14,18-19,23,26-27H,8,11-13,15-17,20H2,1H3,(H,33,37)(H,34,38);1-6,8-9,13,17-18,22,25-26,36H,7,10-12,14-16,19H2,(H,32,37)(H,33,38);2*1H4. The number of nitrogens with one attached hydrogen (secondary N) is 4. The number of amides is 2. The van der Waals surface area contributed by atoms with Gasteiger partial charge in [0.15, 0.2) is 0 Å². The third-order valence-electron chi connectivity index (χ3n) is 16.6. The molecule has 2 aliphatic carbocycles. The minimum Gasteiger partial charge on any atom is -0.508 e. The van der Waals surface area contributed by atoms with Crippen LogP contribution in [0, 0.1) is 0 Å². The van der Waals surface area contributed by atoms with Crippen molar-refractivity contribution in [1.82, 2.24) is 49.5 Å². The lowest BCUT2D eigenvalue weighted by Crippen LogP contribution is -2.48. The summed E-state index contributed by atoms with van der Waals surface area (Å²) >= 11 is 0. The van der Waals surface area contributed by atoms with Crippen LogP contribution in [-0.2, 0) is 35.3 Å². The Kier molecular flexibility index (Phi) is 17.9. The summed E-state index contributed by atoms with van der Waals surface area (Å²) in [7, 11) is 1.70. The summed E-state index contributed by atoms with van der Waals surface area (Å²) in [5.74, 6) is 1.55. The van der Waals surface area contributed by atoms with Gasteiger partial charge in [-0.1, -0.05) is 63.4 Å². The number of likely N-dealkylation sites (tertiary alicyclic amines) is 2. The molecule has 6 heterocycles. The van der Waals surface area contributed by atoms with Crippen molar-refractivity contribution in [1.29, 1.82) is 0 Å². The van der Waals surface area contributed by atoms with Crippen molar-refractivity contribution in [3.05, 3.63) is 188 Å². The maximum absolute atomic E-state index is 13.3. The van der Waals surface area contributed by atoms with Crippen LogP contribution in [0.25, 0.3) is 22.1 Å². The lowest BCUT2D eigenvalue weighted by Gasteiger charge is -2.36. The first-order valence-corrected chi connectivity index (χ1v) is 27.3. The fourth-order valence-electron chi connectivity index (χ4n) is 12.8. The molecule has 4 aromatic carbocycles. The van der Waals surface area contributed by atoms with Crippen LogP contribution in [0.3, 0.4) is 0 Å². The molecule has 0 spiro atoms. The number of aromatic nitrogens is 6. The number of H-pyrrole nitrogens is 2. The molecule has 414 valence electrons. The number of rotatable bonds is 13. The molecule has 16 nitrogen and oxygen atoms in total. The summed E-state index contributed by atoms with van der Waals surface area (Å²) in [5, 5.41) is 16.7. The van der Waals surface area contributed by atoms with E-state index in [1.807, 2.05) is 100 Å². The van der Waals surface area contributed by atoms with Gasteiger partial charge in [-0.15, -0.1) is 0 Å². The number of nitrogens with zero attached hydrogens (tertiary/aromatic N) is 6. The summed E-state index contributed by atoms with van der Waals surface area (Å²) in [6.07, 6.45) is 15.8. The second-order valence-electron chi connectivity index (χ2n) is 21.4. The molecule has 4 unspecified atom stereocenters. The van der Waals surface area contributed by atoms with Crippen molar-refractivity contribution in [2.45, 2.75) is 115 Å². The number of benzene rings is 4. The molecule has 0 saturated carbocycles. The van der Waals surface area contributed by atoms with Gasteiger partial charge in [-0.2, -0.15) is 0 Å². The molecule has 4 atom stereocenters. The number of hydrogen-bond acceptors (Lipinski definition) is 10. The molecule has 8 aromatic rings. The van der Waals surface area contributed by atoms with Crippen LogP contribution in [-0.4, -0.2) is 114 Å². The van der Waals surface area contributed by atoms with Gasteiger partial charge in [-0.25, -0.2) is 9.59 Å². The number of aromatic amines is 2. The SMILES string of the molecule is C.C.COc1ccc2c(c1)CCC(NC(=O)CN1CCC(n3c(=O)[nH]c4ccccc43)CC1)C2Cc1cccnc1.O=C(CN1CCC(n2c(=O)[nH]c3ccccc32)CC1)NC1CCc2cc(O)ccc2C1Cc1cccnc1. The van der Waals surface area contributed by atoms with Gasteiger partial charge in [0, 0.05) is 87.0 Å². The maximum atomic E-state index is 13.3. The van der Waals surface area contributed by atoms with E-state index < -0.39 is 0 Å². The van der Waals surface area contributed by atoms with Crippen molar-refractivity contribution in [2.24, 2.45) is 0 Å². The molecule has 4 aliphatic rings. The smallest absolute Gasteiger partial charge is 0.326 e. The lowest BCUT2D eigenvalue weighted by molar-refractivity contribution is -0.124. The van der Waals surface area contributed by atoms with Gasteiger partial charge in [0.2, 0.25) is 11.8 Å². The van der Waals surface area contributed by atoms with Crippen LogP contribution < -0.4 is 26.7 Å². The first kappa shape index (κ1) is 55.9. The van der Waals surface area contributed by atoms with Gasteiger partial charge in [0.25, 0.3) is 0 Å². The van der Waals surface area contributed by atoms with Gasteiger partial charge in [-0.3, -0.25) is 38.5 Å². The maximum Gasteiger partial charge on any atom is 0.326 e. The van der Waals surface area contributed by atoms with E-state index in [1.54, 1.807) is 25.6 Å². The first-order valence-electron chi connectivity index (χ1n) is 27.3. The molecule has 0 radical (unpaired) electrons. The number of aryl methyl sites for hydroxylation is 2. The van der Waals surface area contributed by atoms with Gasteiger partial charge in [-0.05, 0) is 158 Å². The summed E-state index contributed by atoms with van der Waals surface area (Å²) in [4.78, 5) is 70.6. The molecule has 2 saturated heterocycles. The fourth-order valence-corrected chi connectivity index (χ4v) is 12.8. The number of ether oxygens (including phenoxy) is 1. The van der Waals surface area contributed by atoms with Gasteiger partial charge in [0.1, 0.15) is 11.5 Å². The normalized spacial score (nSPS) is 19.7. The van der Waals surface area contributed by atoms with Crippen LogP contribution in [0.15, 0.2) is 144 Å². The van der Waals surface area contributed by atoms with Crippen LogP contribution in [0.5, 0.6) is 11.5 Å². The number of carbonyl (C=O) groups excluding carboxylic acids is 2. The van der Waals surface area contributed by atoms with E-state index in [0.29, 0.717) is 13.1 Å². The average Bonchev–Trinajstić information content (AvgIpc) is 3.99. The molecule has 2 fully saturated rings. The molecule has 2 aliphatic heterocycles. The van der Waals surface area contributed by atoms with E-state index in [4.69, 9.17) is 4.74 Å². The number of methoxy groups -OCH3 is 1. The highest BCUT2D eigenvalue weighted by Crippen LogP contribution is 2.38. The molecule has 2 amide bonds. The van der Waals surface area contributed by atoms with E-state index in [9.17, 15) is 24.3 Å². The number of carbonyl (C=O) groups is 2. The Labute approximate surface area is 462 Å². The summed E-state index contributed by atoms with van der Waals surface area (Å²) < 4.78 is 9.24. The molecule has 5 N–H and O–H groups in total. The molecule has 4 aromatic heterocycles. The zero-order valence-corrected chi connectivity index (χ0v) is 43.7. The third-order valence-corrected chi connectivity index (χ3v) is 16.6. The van der Waals surface area contributed by atoms with Crippen molar-refractivity contribution >= 4 is 33.9 Å². The highest BCUT2D eigenvalue weighted by atomic mass is 16.5. The number of pyridine rings is 2. The van der Waals surface area contributed by atoms with Crippen LogP contribution >= 0.6 is 0 Å².